The van der Waals surface area contributed by atoms with Gasteiger partial charge in [-0.05, 0) is 34.8 Å². The molecule has 0 spiro atoms. The van der Waals surface area contributed by atoms with Crippen molar-refractivity contribution in [1.29, 1.82) is 15.9 Å². The van der Waals surface area contributed by atoms with Gasteiger partial charge in [0.25, 0.3) is 0 Å². The van der Waals surface area contributed by atoms with Crippen molar-refractivity contribution in [3.05, 3.63) is 34.5 Å². The molecule has 7 heteroatoms. The van der Waals surface area contributed by atoms with E-state index in [0.29, 0.717) is 10.9 Å². The molecular weight excluding hydrogens is 320 g/mol. The minimum absolute atomic E-state index is 0.0865. The average molecular weight is 333 g/mol. The number of nitrogens with two attached hydrogens (primary N) is 1. The lowest BCUT2D eigenvalue weighted by Gasteiger charge is -1.90. The molecule has 0 aliphatic carbocycles. The summed E-state index contributed by atoms with van der Waals surface area (Å²) in [6, 6.07) is 3.32. The molecule has 0 bridgehead atoms. The molecule has 102 valence electrons. The monoisotopic (exact) mass is 332 g/mol. The van der Waals surface area contributed by atoms with Gasteiger partial charge in [-0.2, -0.15) is 10.5 Å². The quantitative estimate of drug-likeness (QED) is 0.456. The van der Waals surface area contributed by atoms with Crippen molar-refractivity contribution in [3.63, 3.8) is 0 Å². The van der Waals surface area contributed by atoms with Crippen LogP contribution in [0.3, 0.4) is 0 Å². The number of halogens is 1. The van der Waals surface area contributed by atoms with Crippen molar-refractivity contribution in [3.8, 4) is 12.1 Å². The molecule has 0 aliphatic rings. The summed E-state index contributed by atoms with van der Waals surface area (Å²) in [6.07, 6.45) is 9.07. The first-order chi connectivity index (χ1) is 9.49. The number of amidine groups is 2. The highest BCUT2D eigenvalue weighted by Crippen LogP contribution is 2.04. The van der Waals surface area contributed by atoms with E-state index in [9.17, 15) is 0 Å². The molecular formula is C13H13BrN6. The smallest absolute Gasteiger partial charge is 0.224 e. The lowest BCUT2D eigenvalue weighted by atomic mass is 10.2. The summed E-state index contributed by atoms with van der Waals surface area (Å²) in [6.45, 7) is 1.83. The van der Waals surface area contributed by atoms with Crippen molar-refractivity contribution < 1.29 is 0 Å². The molecule has 0 rings (SSSR count). The maximum Gasteiger partial charge on any atom is 0.224 e. The average Bonchev–Trinajstić information content (AvgIpc) is 2.46. The Labute approximate surface area is 126 Å². The first kappa shape index (κ1) is 17.5. The Bertz CT molecular complexity index is 581. The van der Waals surface area contributed by atoms with Gasteiger partial charge in [-0.1, -0.05) is 18.2 Å². The van der Waals surface area contributed by atoms with E-state index in [1.165, 1.54) is 12.4 Å². The second kappa shape index (κ2) is 10.4. The Hall–Kier alpha value is -2.51. The molecule has 0 saturated carbocycles. The molecule has 0 aliphatic heterocycles. The maximum atomic E-state index is 8.42. The SMILES string of the molecule is CC(=C/N=C(\N)C#N)/C=C/C/C=C(Br)\C=N/C(=N)C#N. The van der Waals surface area contributed by atoms with Gasteiger partial charge in [0.2, 0.25) is 11.7 Å². The van der Waals surface area contributed by atoms with Crippen LogP contribution >= 0.6 is 15.9 Å². The zero-order chi connectivity index (χ0) is 15.4. The number of allylic oxidation sites excluding steroid dienone is 5. The minimum Gasteiger partial charge on any atom is -0.375 e. The van der Waals surface area contributed by atoms with Gasteiger partial charge in [-0.15, -0.1) is 0 Å². The molecule has 6 nitrogen and oxygen atoms in total. The highest BCUT2D eigenvalue weighted by atomic mass is 79.9. The fourth-order valence-electron chi connectivity index (χ4n) is 0.886. The van der Waals surface area contributed by atoms with Crippen molar-refractivity contribution in [2.45, 2.75) is 13.3 Å². The first-order valence-corrected chi connectivity index (χ1v) is 6.24. The van der Waals surface area contributed by atoms with Gasteiger partial charge < -0.3 is 5.73 Å². The van der Waals surface area contributed by atoms with Gasteiger partial charge in [0.1, 0.15) is 12.1 Å². The summed E-state index contributed by atoms with van der Waals surface area (Å²) in [5.41, 5.74) is 6.09. The third-order valence-corrected chi connectivity index (χ3v) is 2.30. The van der Waals surface area contributed by atoms with Gasteiger partial charge in [0.15, 0.2) is 0 Å². The van der Waals surface area contributed by atoms with Gasteiger partial charge in [-0.3, -0.25) is 5.41 Å². The highest BCUT2D eigenvalue weighted by Gasteiger charge is 1.88. The third-order valence-electron chi connectivity index (χ3n) is 1.77. The molecule has 0 saturated heterocycles. The molecule has 20 heavy (non-hydrogen) atoms. The number of hydrogen-bond acceptors (Lipinski definition) is 4. The Morgan fingerprint density at radius 2 is 2.10 bits per heavy atom. The summed E-state index contributed by atoms with van der Waals surface area (Å²) in [5, 5.41) is 23.8. The van der Waals surface area contributed by atoms with Crippen molar-refractivity contribution in [2.24, 2.45) is 15.7 Å². The fraction of sp³-hybridized carbons (Fsp3) is 0.154. The van der Waals surface area contributed by atoms with Crippen molar-refractivity contribution in [1.82, 2.24) is 0 Å². The second-order valence-corrected chi connectivity index (χ2v) is 4.36. The number of nitrogens with zero attached hydrogens (tertiary/aromatic N) is 4. The van der Waals surface area contributed by atoms with Crippen LogP contribution in [0, 0.1) is 28.1 Å². The minimum atomic E-state index is -0.349. The van der Waals surface area contributed by atoms with E-state index in [4.69, 9.17) is 21.7 Å². The predicted molar refractivity (Wildman–Crippen MR) is 83.6 cm³/mol. The number of nitriles is 2. The summed E-state index contributed by atoms with van der Waals surface area (Å²) >= 11 is 3.24. The van der Waals surface area contributed by atoms with E-state index in [2.05, 4.69) is 25.9 Å². The number of aliphatic imine (C=N–C) groups is 2. The molecule has 0 amide bonds. The van der Waals surface area contributed by atoms with Crippen LogP contribution in [0.25, 0.3) is 0 Å². The van der Waals surface area contributed by atoms with E-state index in [0.717, 1.165) is 5.57 Å². The van der Waals surface area contributed by atoms with E-state index in [1.807, 2.05) is 25.2 Å². The molecule has 0 heterocycles. The summed E-state index contributed by atoms with van der Waals surface area (Å²) in [4.78, 5) is 7.33. The van der Waals surface area contributed by atoms with Crippen molar-refractivity contribution >= 4 is 33.8 Å². The van der Waals surface area contributed by atoms with Crippen LogP contribution < -0.4 is 5.73 Å². The Balaban J connectivity index is 4.40. The maximum absolute atomic E-state index is 8.42. The molecule has 0 fully saturated rings. The van der Waals surface area contributed by atoms with E-state index in [-0.39, 0.29) is 11.7 Å². The molecule has 0 aromatic heterocycles. The first-order valence-electron chi connectivity index (χ1n) is 5.44. The van der Waals surface area contributed by atoms with E-state index in [1.54, 1.807) is 12.1 Å². The normalized spacial score (nSPS) is 13.5. The molecule has 3 N–H and O–H groups in total. The Morgan fingerprint density at radius 3 is 2.70 bits per heavy atom. The zero-order valence-electron chi connectivity index (χ0n) is 10.8. The molecule has 0 aromatic carbocycles. The number of rotatable bonds is 5. The van der Waals surface area contributed by atoms with Crippen LogP contribution in [0.4, 0.5) is 0 Å². The third kappa shape index (κ3) is 9.51. The molecule has 0 atom stereocenters. The fourth-order valence-corrected chi connectivity index (χ4v) is 1.17. The standard InChI is InChI=1S/C13H13BrN6/c1-10(8-19-12(17)6-15)4-2-3-5-11(14)9-20-13(18)7-16/h2,4-5,8-9,18H,3H2,1H3,(H2,17,19)/b4-2+,10-8-,11-5+,18-13?,20-9-. The van der Waals surface area contributed by atoms with Crippen molar-refractivity contribution in [2.75, 3.05) is 0 Å². The van der Waals surface area contributed by atoms with Gasteiger partial charge in [0.05, 0.1) is 0 Å². The van der Waals surface area contributed by atoms with Crippen LogP contribution in [0.2, 0.25) is 0 Å². The van der Waals surface area contributed by atoms with Crippen LogP contribution in [0.15, 0.2) is 44.5 Å². The summed E-state index contributed by atoms with van der Waals surface area (Å²) in [5.74, 6) is -0.436. The number of hydrogen-bond donors (Lipinski definition) is 2. The van der Waals surface area contributed by atoms with E-state index < -0.39 is 0 Å². The van der Waals surface area contributed by atoms with Crippen LogP contribution in [0.1, 0.15) is 13.3 Å². The van der Waals surface area contributed by atoms with Crippen LogP contribution in [-0.4, -0.2) is 17.9 Å². The van der Waals surface area contributed by atoms with Gasteiger partial charge in [0, 0.05) is 16.9 Å². The second-order valence-electron chi connectivity index (χ2n) is 3.44. The predicted octanol–water partition coefficient (Wildman–Crippen LogP) is 2.57. The summed E-state index contributed by atoms with van der Waals surface area (Å²) in [7, 11) is 0. The van der Waals surface area contributed by atoms with Gasteiger partial charge in [-0.25, -0.2) is 9.98 Å². The lowest BCUT2D eigenvalue weighted by molar-refractivity contribution is 1.35. The summed E-state index contributed by atoms with van der Waals surface area (Å²) < 4.78 is 0.676. The molecule has 0 aromatic rings. The Morgan fingerprint density at radius 1 is 1.40 bits per heavy atom. The van der Waals surface area contributed by atoms with Crippen LogP contribution in [-0.2, 0) is 0 Å². The highest BCUT2D eigenvalue weighted by molar-refractivity contribution is 9.12. The largest absolute Gasteiger partial charge is 0.375 e. The molecule has 0 unspecified atom stereocenters. The molecule has 0 radical (unpaired) electrons. The van der Waals surface area contributed by atoms with E-state index >= 15 is 0 Å². The Kier molecular flexibility index (Phi) is 9.11. The number of nitrogens with one attached hydrogen (secondary N) is 1. The zero-order valence-corrected chi connectivity index (χ0v) is 12.4. The van der Waals surface area contributed by atoms with Crippen LogP contribution in [0.5, 0.6) is 0 Å². The van der Waals surface area contributed by atoms with Gasteiger partial charge >= 0.3 is 0 Å². The lowest BCUT2D eigenvalue weighted by Crippen LogP contribution is -2.06. The topological polar surface area (TPSA) is 122 Å².